The summed E-state index contributed by atoms with van der Waals surface area (Å²) in [5.74, 6) is 0. The third kappa shape index (κ3) is 3.40. The highest BCUT2D eigenvalue weighted by atomic mass is 16.6. The van der Waals surface area contributed by atoms with Gasteiger partial charge in [-0.3, -0.25) is 15.1 Å². The Bertz CT molecular complexity index is 622. The molecule has 0 spiro atoms. The smallest absolute Gasteiger partial charge is 0.269 e. The molecule has 1 aromatic carbocycles. The summed E-state index contributed by atoms with van der Waals surface area (Å²) >= 11 is 0. The molecule has 0 radical (unpaired) electrons. The van der Waals surface area contributed by atoms with Crippen molar-refractivity contribution in [2.75, 3.05) is 31.1 Å². The average molecular weight is 299 g/mol. The predicted octanol–water partition coefficient (Wildman–Crippen LogP) is 0.895. The molecule has 6 heteroatoms. The van der Waals surface area contributed by atoms with Crippen LogP contribution in [-0.2, 0) is 6.54 Å². The van der Waals surface area contributed by atoms with Crippen molar-refractivity contribution in [1.82, 2.24) is 4.98 Å². The van der Waals surface area contributed by atoms with Gasteiger partial charge in [-0.25, -0.2) is 0 Å². The summed E-state index contributed by atoms with van der Waals surface area (Å²) < 4.78 is 0. The fraction of sp³-hybridized carbons (Fsp3) is 0.312. The van der Waals surface area contributed by atoms with Crippen LogP contribution in [0.4, 0.5) is 11.4 Å². The highest BCUT2D eigenvalue weighted by molar-refractivity contribution is 5.51. The highest BCUT2D eigenvalue weighted by Gasteiger charge is 2.20. The molecule has 0 atom stereocenters. The van der Waals surface area contributed by atoms with Gasteiger partial charge >= 0.3 is 0 Å². The fourth-order valence-electron chi connectivity index (χ4n) is 2.83. The minimum absolute atomic E-state index is 0.144. The molecule has 1 aliphatic heterocycles. The zero-order chi connectivity index (χ0) is 15.4. The maximum absolute atomic E-state index is 10.7. The Morgan fingerprint density at radius 3 is 2.32 bits per heavy atom. The average Bonchev–Trinajstić information content (AvgIpc) is 2.57. The normalized spacial score (nSPS) is 15.7. The topological polar surface area (TPSA) is 63.7 Å². The maximum Gasteiger partial charge on any atom is 0.269 e. The van der Waals surface area contributed by atoms with E-state index in [-0.39, 0.29) is 10.6 Å². The minimum atomic E-state index is -0.361. The second-order valence-corrected chi connectivity index (χ2v) is 5.54. The third-order valence-electron chi connectivity index (χ3n) is 4.10. The molecular formula is C16H19N4O2+. The number of nitrogens with one attached hydrogen (secondary N) is 1. The largest absolute Gasteiger partial charge is 0.360 e. The number of anilines is 1. The summed E-state index contributed by atoms with van der Waals surface area (Å²) in [6.45, 7) is 5.10. The Hall–Kier alpha value is -2.47. The Kier molecular flexibility index (Phi) is 4.29. The van der Waals surface area contributed by atoms with Gasteiger partial charge in [-0.1, -0.05) is 0 Å². The molecule has 1 aromatic heterocycles. The van der Waals surface area contributed by atoms with Crippen LogP contribution < -0.4 is 9.80 Å². The van der Waals surface area contributed by atoms with Crippen molar-refractivity contribution in [3.05, 3.63) is 64.5 Å². The molecule has 0 saturated carbocycles. The number of non-ortho nitro benzene ring substituents is 1. The molecule has 0 bridgehead atoms. The van der Waals surface area contributed by atoms with E-state index in [9.17, 15) is 10.1 Å². The number of nitrogens with zero attached hydrogens (tertiary/aromatic N) is 3. The second-order valence-electron chi connectivity index (χ2n) is 5.54. The lowest BCUT2D eigenvalue weighted by Gasteiger charge is -2.33. The number of hydrogen-bond donors (Lipinski definition) is 1. The molecule has 0 amide bonds. The van der Waals surface area contributed by atoms with Gasteiger partial charge < -0.3 is 9.80 Å². The van der Waals surface area contributed by atoms with Crippen LogP contribution in [0, 0.1) is 10.1 Å². The van der Waals surface area contributed by atoms with Crippen LogP contribution in [0.25, 0.3) is 0 Å². The summed E-state index contributed by atoms with van der Waals surface area (Å²) in [6.07, 6.45) is 3.67. The minimum Gasteiger partial charge on any atom is -0.360 e. The lowest BCUT2D eigenvalue weighted by molar-refractivity contribution is -0.914. The summed E-state index contributed by atoms with van der Waals surface area (Å²) in [7, 11) is 0. The predicted molar refractivity (Wildman–Crippen MR) is 83.9 cm³/mol. The van der Waals surface area contributed by atoms with Crippen LogP contribution >= 0.6 is 0 Å². The SMILES string of the molecule is O=[N+]([O-])c1ccc(N2CC[NH+](Cc3ccncc3)CC2)cc1. The molecule has 114 valence electrons. The van der Waals surface area contributed by atoms with Crippen molar-refractivity contribution in [3.8, 4) is 0 Å². The van der Waals surface area contributed by atoms with Crippen molar-refractivity contribution in [1.29, 1.82) is 0 Å². The van der Waals surface area contributed by atoms with E-state index in [1.165, 1.54) is 5.56 Å². The standard InChI is InChI=1S/C16H18N4O2/c21-20(22)16-3-1-15(2-4-16)19-11-9-18(10-12-19)13-14-5-7-17-8-6-14/h1-8H,9-13H2/p+1. The molecular weight excluding hydrogens is 280 g/mol. The molecule has 1 N–H and O–H groups in total. The Morgan fingerprint density at radius 2 is 1.73 bits per heavy atom. The molecule has 2 aromatic rings. The zero-order valence-electron chi connectivity index (χ0n) is 12.3. The third-order valence-corrected chi connectivity index (χ3v) is 4.10. The molecule has 2 heterocycles. The number of aromatic nitrogens is 1. The fourth-order valence-corrected chi connectivity index (χ4v) is 2.83. The number of hydrogen-bond acceptors (Lipinski definition) is 4. The van der Waals surface area contributed by atoms with E-state index in [2.05, 4.69) is 22.0 Å². The van der Waals surface area contributed by atoms with Gasteiger partial charge in [0.25, 0.3) is 5.69 Å². The highest BCUT2D eigenvalue weighted by Crippen LogP contribution is 2.19. The molecule has 1 saturated heterocycles. The first-order chi connectivity index (χ1) is 10.7. The molecule has 1 aliphatic rings. The summed E-state index contributed by atoms with van der Waals surface area (Å²) in [5.41, 5.74) is 2.52. The van der Waals surface area contributed by atoms with Gasteiger partial charge in [0.1, 0.15) is 6.54 Å². The Labute approximate surface area is 129 Å². The molecule has 1 fully saturated rings. The Balaban J connectivity index is 1.56. The van der Waals surface area contributed by atoms with Gasteiger partial charge in [0.2, 0.25) is 0 Å². The second kappa shape index (κ2) is 6.53. The van der Waals surface area contributed by atoms with E-state index < -0.39 is 0 Å². The first-order valence-corrected chi connectivity index (χ1v) is 7.44. The molecule has 0 aliphatic carbocycles. The van der Waals surface area contributed by atoms with E-state index in [1.807, 2.05) is 24.5 Å². The maximum atomic E-state index is 10.7. The van der Waals surface area contributed by atoms with Crippen LogP contribution in [0.2, 0.25) is 0 Å². The Morgan fingerprint density at radius 1 is 1.09 bits per heavy atom. The van der Waals surface area contributed by atoms with Crippen LogP contribution in [0.1, 0.15) is 5.56 Å². The van der Waals surface area contributed by atoms with E-state index in [4.69, 9.17) is 0 Å². The lowest BCUT2D eigenvalue weighted by Crippen LogP contribution is -3.13. The van der Waals surface area contributed by atoms with Gasteiger partial charge in [-0.15, -0.1) is 0 Å². The van der Waals surface area contributed by atoms with Crippen molar-refractivity contribution in [3.63, 3.8) is 0 Å². The first-order valence-electron chi connectivity index (χ1n) is 7.44. The lowest BCUT2D eigenvalue weighted by atomic mass is 10.2. The summed E-state index contributed by atoms with van der Waals surface area (Å²) in [6, 6.07) is 11.0. The van der Waals surface area contributed by atoms with E-state index in [0.717, 1.165) is 38.4 Å². The number of benzene rings is 1. The van der Waals surface area contributed by atoms with Crippen molar-refractivity contribution >= 4 is 11.4 Å². The summed E-state index contributed by atoms with van der Waals surface area (Å²) in [5, 5.41) is 10.7. The monoisotopic (exact) mass is 299 g/mol. The van der Waals surface area contributed by atoms with E-state index in [1.54, 1.807) is 17.0 Å². The van der Waals surface area contributed by atoms with Gasteiger partial charge in [-0.05, 0) is 24.3 Å². The first kappa shape index (κ1) is 14.5. The van der Waals surface area contributed by atoms with Gasteiger partial charge in [0.05, 0.1) is 31.1 Å². The number of nitro benzene ring substituents is 1. The number of nitro groups is 1. The zero-order valence-corrected chi connectivity index (χ0v) is 12.3. The van der Waals surface area contributed by atoms with Crippen LogP contribution in [-0.4, -0.2) is 36.1 Å². The van der Waals surface area contributed by atoms with Gasteiger partial charge in [0.15, 0.2) is 0 Å². The van der Waals surface area contributed by atoms with E-state index >= 15 is 0 Å². The number of rotatable bonds is 4. The number of piperazine rings is 1. The summed E-state index contributed by atoms with van der Waals surface area (Å²) in [4.78, 5) is 18.2. The van der Waals surface area contributed by atoms with E-state index in [0.29, 0.717) is 0 Å². The van der Waals surface area contributed by atoms with Crippen molar-refractivity contribution in [2.45, 2.75) is 6.54 Å². The van der Waals surface area contributed by atoms with Gasteiger partial charge in [0, 0.05) is 35.8 Å². The molecule has 22 heavy (non-hydrogen) atoms. The van der Waals surface area contributed by atoms with Crippen molar-refractivity contribution in [2.24, 2.45) is 0 Å². The van der Waals surface area contributed by atoms with Gasteiger partial charge in [-0.2, -0.15) is 0 Å². The number of pyridine rings is 1. The van der Waals surface area contributed by atoms with Crippen LogP contribution in [0.5, 0.6) is 0 Å². The molecule has 6 nitrogen and oxygen atoms in total. The quantitative estimate of drug-likeness (QED) is 0.673. The van der Waals surface area contributed by atoms with Crippen LogP contribution in [0.15, 0.2) is 48.8 Å². The van der Waals surface area contributed by atoms with Crippen molar-refractivity contribution < 1.29 is 9.82 Å². The molecule has 0 unspecified atom stereocenters. The number of quaternary nitrogens is 1. The molecule has 3 rings (SSSR count). The van der Waals surface area contributed by atoms with Crippen LogP contribution in [0.3, 0.4) is 0 Å².